The highest BCUT2D eigenvalue weighted by Gasteiger charge is 2.26. The minimum atomic E-state index is -3.23. The third kappa shape index (κ3) is 5.76. The molecule has 2 aromatic carbocycles. The van der Waals surface area contributed by atoms with Gasteiger partial charge < -0.3 is 5.32 Å². The summed E-state index contributed by atoms with van der Waals surface area (Å²) in [6.07, 6.45) is 2.72. The second kappa shape index (κ2) is 9.69. The Hall–Kier alpha value is -1.60. The lowest BCUT2D eigenvalue weighted by atomic mass is 9.95. The van der Waals surface area contributed by atoms with E-state index in [-0.39, 0.29) is 22.8 Å². The van der Waals surface area contributed by atoms with E-state index in [2.05, 4.69) is 10.2 Å². The number of likely N-dealkylation sites (tertiary alicyclic amines) is 1. The number of piperidine rings is 1. The second-order valence-corrected chi connectivity index (χ2v) is 10.7. The first-order valence-corrected chi connectivity index (χ1v) is 12.6. The monoisotopic (exact) mass is 468 g/mol. The third-order valence-corrected chi connectivity index (χ3v) is 7.41. The number of hydrogen-bond donors (Lipinski definition) is 1. The summed E-state index contributed by atoms with van der Waals surface area (Å²) < 4.78 is 23.2. The molecule has 0 bridgehead atoms. The third-order valence-electron chi connectivity index (χ3n) is 5.57. The fraction of sp³-hybridized carbons (Fsp3) is 0.409. The standard InChI is InChI=1S/C22H26Cl2N2O3S/c1-15(16-6-8-18(9-7-16)30(2,28)29)25-22(27)17-10-12-26(13-11-17)14-19-20(23)4-3-5-21(19)24/h3-9,15,17H,10-14H2,1-2H3,(H,25,27)/t15-/m0/s1. The Morgan fingerprint density at radius 1 is 1.10 bits per heavy atom. The first-order valence-electron chi connectivity index (χ1n) is 9.91. The zero-order valence-corrected chi connectivity index (χ0v) is 19.4. The Balaban J connectivity index is 1.52. The van der Waals surface area contributed by atoms with E-state index >= 15 is 0 Å². The molecule has 0 saturated carbocycles. The van der Waals surface area contributed by atoms with Crippen LogP contribution in [0.15, 0.2) is 47.4 Å². The van der Waals surface area contributed by atoms with Gasteiger partial charge in [-0.1, -0.05) is 41.4 Å². The van der Waals surface area contributed by atoms with Crippen molar-refractivity contribution in [2.24, 2.45) is 5.92 Å². The number of amides is 1. The number of rotatable bonds is 6. The van der Waals surface area contributed by atoms with Gasteiger partial charge in [0.05, 0.1) is 10.9 Å². The number of carbonyl (C=O) groups is 1. The summed E-state index contributed by atoms with van der Waals surface area (Å²) >= 11 is 12.5. The van der Waals surface area contributed by atoms with Gasteiger partial charge in [0.1, 0.15) is 0 Å². The fourth-order valence-corrected chi connectivity index (χ4v) is 4.83. The number of sulfone groups is 1. The van der Waals surface area contributed by atoms with Crippen molar-refractivity contribution in [2.45, 2.75) is 37.2 Å². The minimum absolute atomic E-state index is 0.0325. The Labute approximate surface area is 188 Å². The van der Waals surface area contributed by atoms with Crippen LogP contribution in [-0.2, 0) is 21.2 Å². The van der Waals surface area contributed by atoms with Gasteiger partial charge in [-0.05, 0) is 62.7 Å². The molecule has 0 unspecified atom stereocenters. The topological polar surface area (TPSA) is 66.5 Å². The van der Waals surface area contributed by atoms with E-state index in [1.54, 1.807) is 24.3 Å². The van der Waals surface area contributed by atoms with Crippen molar-refractivity contribution in [3.63, 3.8) is 0 Å². The van der Waals surface area contributed by atoms with E-state index in [0.29, 0.717) is 16.6 Å². The predicted molar refractivity (Wildman–Crippen MR) is 121 cm³/mol. The Kier molecular flexibility index (Phi) is 7.45. The van der Waals surface area contributed by atoms with Crippen molar-refractivity contribution in [3.05, 3.63) is 63.6 Å². The summed E-state index contributed by atoms with van der Waals surface area (Å²) in [7, 11) is -3.23. The average molecular weight is 469 g/mol. The van der Waals surface area contributed by atoms with E-state index in [4.69, 9.17) is 23.2 Å². The lowest BCUT2D eigenvalue weighted by molar-refractivity contribution is -0.127. The normalized spacial score (nSPS) is 16.9. The molecule has 1 atom stereocenters. The van der Waals surface area contributed by atoms with Crippen LogP contribution >= 0.6 is 23.2 Å². The van der Waals surface area contributed by atoms with E-state index < -0.39 is 9.84 Å². The lowest BCUT2D eigenvalue weighted by Gasteiger charge is -2.32. The molecule has 8 heteroatoms. The average Bonchev–Trinajstić information content (AvgIpc) is 2.70. The molecule has 0 spiro atoms. The second-order valence-electron chi connectivity index (χ2n) is 7.82. The zero-order chi connectivity index (χ0) is 21.9. The number of carbonyl (C=O) groups excluding carboxylic acids is 1. The maximum absolute atomic E-state index is 12.7. The zero-order valence-electron chi connectivity index (χ0n) is 17.1. The van der Waals surface area contributed by atoms with Crippen LogP contribution in [0.2, 0.25) is 10.0 Å². The molecule has 1 amide bonds. The van der Waals surface area contributed by atoms with Crippen LogP contribution in [0.3, 0.4) is 0 Å². The Morgan fingerprint density at radius 3 is 2.20 bits per heavy atom. The van der Waals surface area contributed by atoms with E-state index in [1.807, 2.05) is 25.1 Å². The molecule has 1 heterocycles. The summed E-state index contributed by atoms with van der Waals surface area (Å²) in [6.45, 7) is 4.19. The van der Waals surface area contributed by atoms with Gasteiger partial charge in [0.2, 0.25) is 5.91 Å². The highest BCUT2D eigenvalue weighted by atomic mass is 35.5. The van der Waals surface area contributed by atoms with Crippen LogP contribution in [0, 0.1) is 5.92 Å². The van der Waals surface area contributed by atoms with Crippen LogP contribution in [-0.4, -0.2) is 38.6 Å². The number of benzene rings is 2. The SMILES string of the molecule is C[C@H](NC(=O)C1CCN(Cc2c(Cl)cccc2Cl)CC1)c1ccc(S(C)(=O)=O)cc1. The molecular weight excluding hydrogens is 443 g/mol. The van der Waals surface area contributed by atoms with Crippen molar-refractivity contribution in [1.82, 2.24) is 10.2 Å². The van der Waals surface area contributed by atoms with E-state index in [0.717, 1.165) is 37.1 Å². The van der Waals surface area contributed by atoms with Crippen molar-refractivity contribution in [1.29, 1.82) is 0 Å². The van der Waals surface area contributed by atoms with Gasteiger partial charge in [0.15, 0.2) is 9.84 Å². The number of nitrogens with one attached hydrogen (secondary N) is 1. The van der Waals surface area contributed by atoms with Gasteiger partial charge in [-0.15, -0.1) is 0 Å². The van der Waals surface area contributed by atoms with Gasteiger partial charge >= 0.3 is 0 Å². The Morgan fingerprint density at radius 2 is 1.67 bits per heavy atom. The molecule has 0 radical (unpaired) electrons. The van der Waals surface area contributed by atoms with E-state index in [1.165, 1.54) is 6.26 Å². The van der Waals surface area contributed by atoms with Gasteiger partial charge in [0.25, 0.3) is 0 Å². The molecular formula is C22H26Cl2N2O3S. The van der Waals surface area contributed by atoms with Crippen LogP contribution in [0.1, 0.15) is 36.9 Å². The predicted octanol–water partition coefficient (Wildman–Crippen LogP) is 4.49. The molecule has 2 aromatic rings. The first kappa shape index (κ1) is 23.1. The van der Waals surface area contributed by atoms with Gasteiger partial charge in [-0.25, -0.2) is 8.42 Å². The number of halogens is 2. The first-order chi connectivity index (χ1) is 14.1. The van der Waals surface area contributed by atoms with Crippen molar-refractivity contribution >= 4 is 38.9 Å². The van der Waals surface area contributed by atoms with Gasteiger partial charge in [-0.3, -0.25) is 9.69 Å². The maximum atomic E-state index is 12.7. The molecule has 30 heavy (non-hydrogen) atoms. The van der Waals surface area contributed by atoms with Crippen molar-refractivity contribution in [2.75, 3.05) is 19.3 Å². The van der Waals surface area contributed by atoms with Crippen molar-refractivity contribution in [3.8, 4) is 0 Å². The summed E-state index contributed by atoms with van der Waals surface area (Å²) in [4.78, 5) is 15.3. The molecule has 162 valence electrons. The largest absolute Gasteiger partial charge is 0.349 e. The van der Waals surface area contributed by atoms with Crippen molar-refractivity contribution < 1.29 is 13.2 Å². The number of nitrogens with zero attached hydrogens (tertiary/aromatic N) is 1. The summed E-state index contributed by atoms with van der Waals surface area (Å²) in [5, 5.41) is 4.39. The minimum Gasteiger partial charge on any atom is -0.349 e. The molecule has 1 N–H and O–H groups in total. The smallest absolute Gasteiger partial charge is 0.223 e. The van der Waals surface area contributed by atoms with E-state index in [9.17, 15) is 13.2 Å². The molecule has 1 fully saturated rings. The summed E-state index contributed by atoms with van der Waals surface area (Å²) in [5.41, 5.74) is 1.80. The number of hydrogen-bond acceptors (Lipinski definition) is 4. The van der Waals surface area contributed by atoms with Crippen LogP contribution in [0.25, 0.3) is 0 Å². The summed E-state index contributed by atoms with van der Waals surface area (Å²) in [5.74, 6) is -0.00849. The molecule has 0 aromatic heterocycles. The highest BCUT2D eigenvalue weighted by Crippen LogP contribution is 2.28. The quantitative estimate of drug-likeness (QED) is 0.677. The lowest BCUT2D eigenvalue weighted by Crippen LogP contribution is -2.41. The summed E-state index contributed by atoms with van der Waals surface area (Å²) in [6, 6.07) is 12.0. The molecule has 5 nitrogen and oxygen atoms in total. The van der Waals surface area contributed by atoms with Crippen LogP contribution in [0.5, 0.6) is 0 Å². The molecule has 1 aliphatic rings. The fourth-order valence-electron chi connectivity index (χ4n) is 3.68. The molecule has 1 saturated heterocycles. The molecule has 1 aliphatic heterocycles. The highest BCUT2D eigenvalue weighted by molar-refractivity contribution is 7.90. The molecule has 0 aliphatic carbocycles. The Bertz CT molecular complexity index is 981. The van der Waals surface area contributed by atoms with Crippen LogP contribution < -0.4 is 5.32 Å². The van der Waals surface area contributed by atoms with Crippen LogP contribution in [0.4, 0.5) is 0 Å². The maximum Gasteiger partial charge on any atom is 0.223 e. The van der Waals surface area contributed by atoms with Gasteiger partial charge in [-0.2, -0.15) is 0 Å². The molecule has 3 rings (SSSR count). The van der Waals surface area contributed by atoms with Gasteiger partial charge in [0, 0.05) is 34.3 Å².